The summed E-state index contributed by atoms with van der Waals surface area (Å²) in [6, 6.07) is 0. The summed E-state index contributed by atoms with van der Waals surface area (Å²) < 4.78 is 5.41. The van der Waals surface area contributed by atoms with Gasteiger partial charge in [0, 0.05) is 18.4 Å². The van der Waals surface area contributed by atoms with Gasteiger partial charge in [-0.15, -0.1) is 5.73 Å². The highest BCUT2D eigenvalue weighted by molar-refractivity contribution is 9.09. The van der Waals surface area contributed by atoms with Crippen molar-refractivity contribution in [2.24, 2.45) is 5.41 Å². The van der Waals surface area contributed by atoms with Gasteiger partial charge in [-0.2, -0.15) is 0 Å². The zero-order valence-electron chi connectivity index (χ0n) is 12.2. The van der Waals surface area contributed by atoms with E-state index in [0.29, 0.717) is 0 Å². The molecule has 108 valence electrons. The number of amides is 1. The fourth-order valence-electron chi connectivity index (χ4n) is 2.17. The number of nitrogens with zero attached hydrogens (tertiary/aromatic N) is 1. The number of rotatable bonds is 3. The van der Waals surface area contributed by atoms with E-state index in [1.54, 1.807) is 0 Å². The summed E-state index contributed by atoms with van der Waals surface area (Å²) in [6.45, 7) is 10.8. The second-order valence-electron chi connectivity index (χ2n) is 6.21. The van der Waals surface area contributed by atoms with Crippen LogP contribution >= 0.6 is 15.9 Å². The van der Waals surface area contributed by atoms with Crippen LogP contribution in [0.5, 0.6) is 0 Å². The molecular formula is C15H24BrNO2. The number of hydrogen-bond donors (Lipinski definition) is 0. The molecule has 0 aromatic heterocycles. The molecule has 0 spiro atoms. The third kappa shape index (κ3) is 5.04. The summed E-state index contributed by atoms with van der Waals surface area (Å²) in [5.74, 6) is 0. The molecule has 0 N–H and O–H groups in total. The molecule has 1 aliphatic heterocycles. The monoisotopic (exact) mass is 329 g/mol. The molecule has 0 radical (unpaired) electrons. The molecule has 1 saturated heterocycles. The Hall–Kier alpha value is -0.730. The Kier molecular flexibility index (Phi) is 5.69. The lowest BCUT2D eigenvalue weighted by molar-refractivity contribution is 0.0127. The van der Waals surface area contributed by atoms with Crippen LogP contribution in [0.3, 0.4) is 0 Å². The molecule has 1 amide bonds. The van der Waals surface area contributed by atoms with Gasteiger partial charge in [-0.3, -0.25) is 0 Å². The van der Waals surface area contributed by atoms with Crippen molar-refractivity contribution in [3.05, 3.63) is 18.4 Å². The van der Waals surface area contributed by atoms with Gasteiger partial charge >= 0.3 is 6.09 Å². The van der Waals surface area contributed by atoms with Crippen LogP contribution < -0.4 is 0 Å². The normalized spacial score (nSPS) is 18.6. The van der Waals surface area contributed by atoms with Crippen molar-refractivity contribution in [3.8, 4) is 0 Å². The van der Waals surface area contributed by atoms with Gasteiger partial charge in [-0.25, -0.2) is 4.79 Å². The second kappa shape index (κ2) is 6.62. The molecule has 0 atom stereocenters. The maximum absolute atomic E-state index is 12.0. The molecule has 1 heterocycles. The minimum absolute atomic E-state index is 0.199. The first-order valence-electron chi connectivity index (χ1n) is 6.70. The van der Waals surface area contributed by atoms with E-state index in [0.717, 1.165) is 37.7 Å². The Morgan fingerprint density at radius 3 is 2.47 bits per heavy atom. The maximum Gasteiger partial charge on any atom is 0.410 e. The predicted octanol–water partition coefficient (Wildman–Crippen LogP) is 4.13. The van der Waals surface area contributed by atoms with Crippen molar-refractivity contribution in [2.75, 3.05) is 18.4 Å². The van der Waals surface area contributed by atoms with Gasteiger partial charge in [0.15, 0.2) is 0 Å². The SMILES string of the molecule is C=C=CCC1(CBr)CCN(C(=O)OC(C)(C)C)CC1. The molecule has 1 aliphatic rings. The van der Waals surface area contributed by atoms with Crippen molar-refractivity contribution in [3.63, 3.8) is 0 Å². The van der Waals surface area contributed by atoms with E-state index in [2.05, 4.69) is 28.2 Å². The van der Waals surface area contributed by atoms with Gasteiger partial charge in [0.2, 0.25) is 0 Å². The smallest absolute Gasteiger partial charge is 0.410 e. The van der Waals surface area contributed by atoms with Gasteiger partial charge < -0.3 is 9.64 Å². The largest absolute Gasteiger partial charge is 0.444 e. The van der Waals surface area contributed by atoms with Crippen molar-refractivity contribution in [1.29, 1.82) is 0 Å². The third-order valence-electron chi connectivity index (χ3n) is 3.44. The Morgan fingerprint density at radius 1 is 1.47 bits per heavy atom. The van der Waals surface area contributed by atoms with Crippen molar-refractivity contribution < 1.29 is 9.53 Å². The van der Waals surface area contributed by atoms with Gasteiger partial charge in [0.1, 0.15) is 5.60 Å². The van der Waals surface area contributed by atoms with Crippen LogP contribution in [-0.2, 0) is 4.74 Å². The lowest BCUT2D eigenvalue weighted by atomic mass is 9.77. The predicted molar refractivity (Wildman–Crippen MR) is 81.6 cm³/mol. The quantitative estimate of drug-likeness (QED) is 0.575. The zero-order valence-corrected chi connectivity index (χ0v) is 13.8. The lowest BCUT2D eigenvalue weighted by Gasteiger charge is -2.40. The van der Waals surface area contributed by atoms with Gasteiger partial charge in [-0.1, -0.05) is 22.5 Å². The van der Waals surface area contributed by atoms with Crippen LogP contribution in [0.25, 0.3) is 0 Å². The first kappa shape index (κ1) is 16.3. The summed E-state index contributed by atoms with van der Waals surface area (Å²) in [5.41, 5.74) is 2.64. The highest BCUT2D eigenvalue weighted by Crippen LogP contribution is 2.37. The molecule has 0 bridgehead atoms. The first-order valence-corrected chi connectivity index (χ1v) is 7.82. The van der Waals surface area contributed by atoms with E-state index in [9.17, 15) is 4.79 Å². The molecule has 0 aromatic rings. The molecule has 3 nitrogen and oxygen atoms in total. The van der Waals surface area contributed by atoms with Gasteiger partial charge in [-0.05, 0) is 51.5 Å². The summed E-state index contributed by atoms with van der Waals surface area (Å²) in [5, 5.41) is 0.945. The highest BCUT2D eigenvalue weighted by Gasteiger charge is 2.35. The number of hydrogen-bond acceptors (Lipinski definition) is 2. The van der Waals surface area contributed by atoms with E-state index >= 15 is 0 Å². The molecule has 1 fully saturated rings. The summed E-state index contributed by atoms with van der Waals surface area (Å²) in [6.07, 6.45) is 4.72. The maximum atomic E-state index is 12.0. The molecule has 19 heavy (non-hydrogen) atoms. The van der Waals surface area contributed by atoms with Crippen LogP contribution in [0.1, 0.15) is 40.0 Å². The number of piperidine rings is 1. The fraction of sp³-hybridized carbons (Fsp3) is 0.733. The van der Waals surface area contributed by atoms with E-state index in [-0.39, 0.29) is 11.5 Å². The van der Waals surface area contributed by atoms with Crippen LogP contribution in [0.4, 0.5) is 4.79 Å². The van der Waals surface area contributed by atoms with Crippen LogP contribution in [-0.4, -0.2) is 35.0 Å². The van der Waals surface area contributed by atoms with Crippen molar-refractivity contribution >= 4 is 22.0 Å². The Labute approximate surface area is 124 Å². The minimum atomic E-state index is -0.424. The Bertz CT molecular complexity index is 359. The standard InChI is InChI=1S/C15H24BrNO2/c1-5-6-7-15(12-16)8-10-17(11-9-15)13(18)19-14(2,3)4/h6H,1,7-12H2,2-4H3. The molecular weight excluding hydrogens is 306 g/mol. The topological polar surface area (TPSA) is 29.5 Å². The summed E-state index contributed by atoms with van der Waals surface area (Å²) >= 11 is 3.60. The van der Waals surface area contributed by atoms with E-state index in [1.165, 1.54) is 0 Å². The minimum Gasteiger partial charge on any atom is -0.444 e. The molecule has 0 aliphatic carbocycles. The Balaban J connectivity index is 2.56. The summed E-state index contributed by atoms with van der Waals surface area (Å²) in [4.78, 5) is 13.8. The molecule has 4 heteroatoms. The summed E-state index contributed by atoms with van der Waals surface area (Å²) in [7, 11) is 0. The van der Waals surface area contributed by atoms with E-state index < -0.39 is 5.60 Å². The van der Waals surface area contributed by atoms with Crippen LogP contribution in [0.2, 0.25) is 0 Å². The lowest BCUT2D eigenvalue weighted by Crippen LogP contribution is -2.45. The highest BCUT2D eigenvalue weighted by atomic mass is 79.9. The number of allylic oxidation sites excluding steroid dienone is 1. The van der Waals surface area contributed by atoms with Crippen molar-refractivity contribution in [2.45, 2.75) is 45.6 Å². The molecule has 0 saturated carbocycles. The average molecular weight is 330 g/mol. The van der Waals surface area contributed by atoms with E-state index in [1.807, 2.05) is 31.7 Å². The number of alkyl halides is 1. The number of likely N-dealkylation sites (tertiary alicyclic amines) is 1. The average Bonchev–Trinajstić information content (AvgIpc) is 2.35. The zero-order chi connectivity index (χ0) is 14.5. The Morgan fingerprint density at radius 2 is 2.05 bits per heavy atom. The number of ether oxygens (including phenoxy) is 1. The number of carbonyl (C=O) groups is 1. The second-order valence-corrected chi connectivity index (χ2v) is 6.77. The van der Waals surface area contributed by atoms with E-state index in [4.69, 9.17) is 4.74 Å². The van der Waals surface area contributed by atoms with Crippen LogP contribution in [0.15, 0.2) is 18.4 Å². The first-order chi connectivity index (χ1) is 8.82. The third-order valence-corrected chi connectivity index (χ3v) is 4.63. The van der Waals surface area contributed by atoms with Crippen LogP contribution in [0, 0.1) is 5.41 Å². The number of halogens is 1. The fourth-order valence-corrected chi connectivity index (χ4v) is 2.96. The molecule has 1 rings (SSSR count). The van der Waals surface area contributed by atoms with Crippen molar-refractivity contribution in [1.82, 2.24) is 4.90 Å². The number of carbonyl (C=O) groups excluding carboxylic acids is 1. The molecule has 0 aromatic carbocycles. The van der Waals surface area contributed by atoms with Gasteiger partial charge in [0.25, 0.3) is 0 Å². The van der Waals surface area contributed by atoms with Gasteiger partial charge in [0.05, 0.1) is 0 Å². The molecule has 0 unspecified atom stereocenters.